The van der Waals surface area contributed by atoms with Gasteiger partial charge in [-0.3, -0.25) is 9.89 Å². The maximum atomic E-state index is 14.1. The summed E-state index contributed by atoms with van der Waals surface area (Å²) < 4.78 is 41.2. The Bertz CT molecular complexity index is 1110. The lowest BCUT2D eigenvalue weighted by molar-refractivity contribution is 0.0911. The third kappa shape index (κ3) is 4.16. The van der Waals surface area contributed by atoms with Crippen LogP contribution < -0.4 is 10.6 Å². The first-order valence-electron chi connectivity index (χ1n) is 9.51. The lowest BCUT2D eigenvalue weighted by atomic mass is 10.1. The Morgan fingerprint density at radius 1 is 1.29 bits per heavy atom. The Balaban J connectivity index is 1.63. The van der Waals surface area contributed by atoms with Crippen molar-refractivity contribution in [2.45, 2.75) is 37.2 Å². The fraction of sp³-hybridized carbons (Fsp3) is 0.368. The number of nitrogens with one attached hydrogen (secondary N) is 3. The number of hydrogen-bond acceptors (Lipinski definition) is 7. The zero-order chi connectivity index (χ0) is 22.1. The number of carbonyl (C=O) groups excluding carboxylic acids is 1. The molecule has 1 aliphatic rings. The molecule has 4 rings (SSSR count). The fourth-order valence-electron chi connectivity index (χ4n) is 3.65. The van der Waals surface area contributed by atoms with Gasteiger partial charge >= 0.3 is 0 Å². The number of aliphatic hydroxyl groups is 2. The number of halogens is 3. The van der Waals surface area contributed by atoms with Gasteiger partial charge in [0.15, 0.2) is 5.65 Å². The molecule has 5 N–H and O–H groups in total. The molecule has 0 aliphatic heterocycles. The summed E-state index contributed by atoms with van der Waals surface area (Å²) in [4.78, 5) is 20.9. The van der Waals surface area contributed by atoms with E-state index in [1.54, 1.807) is 0 Å². The summed E-state index contributed by atoms with van der Waals surface area (Å²) in [5.41, 5.74) is -0.195. The SMILES string of the molecule is O=C(N[C@H](CO)c1cc(F)ccc1F)c1[nH]nc2ncnc(N[C@@H]3C[C@@H](F)C[C@H]3O)c12. The van der Waals surface area contributed by atoms with Crippen LogP contribution in [0.2, 0.25) is 0 Å². The van der Waals surface area contributed by atoms with Crippen molar-refractivity contribution in [2.75, 3.05) is 11.9 Å². The molecule has 2 heterocycles. The number of aliphatic hydroxyl groups excluding tert-OH is 2. The van der Waals surface area contributed by atoms with Gasteiger partial charge in [0.2, 0.25) is 0 Å². The third-order valence-corrected chi connectivity index (χ3v) is 5.19. The summed E-state index contributed by atoms with van der Waals surface area (Å²) in [5.74, 6) is -2.15. The molecule has 9 nitrogen and oxygen atoms in total. The molecule has 1 fully saturated rings. The first-order valence-corrected chi connectivity index (χ1v) is 9.51. The summed E-state index contributed by atoms with van der Waals surface area (Å²) in [6, 6.07) is 0.849. The van der Waals surface area contributed by atoms with E-state index in [0.717, 1.165) is 18.2 Å². The predicted molar refractivity (Wildman–Crippen MR) is 103 cm³/mol. The number of anilines is 1. The molecule has 1 aliphatic carbocycles. The highest BCUT2D eigenvalue weighted by atomic mass is 19.1. The predicted octanol–water partition coefficient (Wildman–Crippen LogP) is 1.37. The van der Waals surface area contributed by atoms with Gasteiger partial charge in [0.25, 0.3) is 5.91 Å². The largest absolute Gasteiger partial charge is 0.394 e. The average Bonchev–Trinajstić information content (AvgIpc) is 3.31. The maximum absolute atomic E-state index is 14.1. The number of aromatic nitrogens is 4. The van der Waals surface area contributed by atoms with E-state index in [1.807, 2.05) is 0 Å². The van der Waals surface area contributed by atoms with Crippen molar-refractivity contribution >= 4 is 22.8 Å². The Kier molecular flexibility index (Phi) is 5.74. The number of nitrogens with zero attached hydrogens (tertiary/aromatic N) is 3. The van der Waals surface area contributed by atoms with Crippen LogP contribution in [0.4, 0.5) is 19.0 Å². The molecule has 1 saturated carbocycles. The van der Waals surface area contributed by atoms with Crippen molar-refractivity contribution in [1.29, 1.82) is 0 Å². The van der Waals surface area contributed by atoms with Gasteiger partial charge in [0.1, 0.15) is 35.6 Å². The summed E-state index contributed by atoms with van der Waals surface area (Å²) in [6.45, 7) is -0.689. The zero-order valence-electron chi connectivity index (χ0n) is 16.0. The molecular weight excluding hydrogens is 417 g/mol. The van der Waals surface area contributed by atoms with Gasteiger partial charge in [-0.05, 0) is 18.2 Å². The number of hydrogen-bond donors (Lipinski definition) is 5. The molecule has 3 aromatic rings. The topological polar surface area (TPSA) is 136 Å². The standard InChI is InChI=1S/C19H19F3N6O3/c20-8-1-2-11(22)10(3-8)13(6-29)26-19(31)16-15-17(23-7-24-18(15)28-27-16)25-12-4-9(21)5-14(12)30/h1-3,7,9,12-14,29-30H,4-6H2,(H,26,31)(H2,23,24,25,27,28)/t9-,12-,13-,14-/m1/s1. The molecule has 0 radical (unpaired) electrons. The minimum atomic E-state index is -1.23. The number of alkyl halides is 1. The van der Waals surface area contributed by atoms with Crippen LogP contribution in [0.1, 0.15) is 34.9 Å². The van der Waals surface area contributed by atoms with Gasteiger partial charge in [-0.25, -0.2) is 23.1 Å². The van der Waals surface area contributed by atoms with Crippen molar-refractivity contribution in [3.05, 3.63) is 47.4 Å². The first-order chi connectivity index (χ1) is 14.9. The molecule has 4 atom stereocenters. The molecule has 0 spiro atoms. The van der Waals surface area contributed by atoms with Crippen LogP contribution in [0.25, 0.3) is 11.0 Å². The Hall–Kier alpha value is -3.25. The molecule has 1 aromatic carbocycles. The quantitative estimate of drug-likeness (QED) is 0.394. The second-order valence-electron chi connectivity index (χ2n) is 7.28. The maximum Gasteiger partial charge on any atom is 0.270 e. The van der Waals surface area contributed by atoms with Crippen LogP contribution in [0.5, 0.6) is 0 Å². The second-order valence-corrected chi connectivity index (χ2v) is 7.28. The van der Waals surface area contributed by atoms with Gasteiger partial charge < -0.3 is 20.8 Å². The monoisotopic (exact) mass is 436 g/mol. The molecule has 164 valence electrons. The van der Waals surface area contributed by atoms with Gasteiger partial charge in [-0.1, -0.05) is 0 Å². The van der Waals surface area contributed by atoms with E-state index in [0.29, 0.717) is 0 Å². The minimum absolute atomic E-state index is 0.0119. The van der Waals surface area contributed by atoms with E-state index in [4.69, 9.17) is 0 Å². The highest BCUT2D eigenvalue weighted by Gasteiger charge is 2.34. The van der Waals surface area contributed by atoms with Crippen LogP contribution in [-0.2, 0) is 0 Å². The molecule has 0 bridgehead atoms. The number of H-pyrrole nitrogens is 1. The van der Waals surface area contributed by atoms with Crippen LogP contribution in [-0.4, -0.2) is 61.2 Å². The van der Waals surface area contributed by atoms with Gasteiger partial charge in [0.05, 0.1) is 30.2 Å². The molecule has 2 aromatic heterocycles. The average molecular weight is 436 g/mol. The number of aromatic amines is 1. The van der Waals surface area contributed by atoms with Gasteiger partial charge in [-0.2, -0.15) is 5.10 Å². The first kappa shape index (κ1) is 21.0. The second kappa shape index (κ2) is 8.47. The molecule has 12 heteroatoms. The van der Waals surface area contributed by atoms with E-state index in [1.165, 1.54) is 6.33 Å². The smallest absolute Gasteiger partial charge is 0.270 e. The molecule has 0 saturated heterocycles. The summed E-state index contributed by atoms with van der Waals surface area (Å²) in [7, 11) is 0. The molecular formula is C19H19F3N6O3. The number of carbonyl (C=O) groups is 1. The highest BCUT2D eigenvalue weighted by molar-refractivity contribution is 6.07. The summed E-state index contributed by atoms with van der Waals surface area (Å²) in [6.07, 6.45) is -0.845. The van der Waals surface area contributed by atoms with Crippen molar-refractivity contribution < 1.29 is 28.2 Å². The van der Waals surface area contributed by atoms with Crippen LogP contribution in [0.3, 0.4) is 0 Å². The Morgan fingerprint density at radius 3 is 2.81 bits per heavy atom. The van der Waals surface area contributed by atoms with Crippen molar-refractivity contribution in [1.82, 2.24) is 25.5 Å². The van der Waals surface area contributed by atoms with Crippen LogP contribution in [0.15, 0.2) is 24.5 Å². The number of amides is 1. The van der Waals surface area contributed by atoms with Crippen LogP contribution >= 0.6 is 0 Å². The van der Waals surface area contributed by atoms with Crippen molar-refractivity contribution in [3.63, 3.8) is 0 Å². The van der Waals surface area contributed by atoms with Gasteiger partial charge in [0, 0.05) is 18.4 Å². The minimum Gasteiger partial charge on any atom is -0.394 e. The van der Waals surface area contributed by atoms with E-state index in [2.05, 4.69) is 30.8 Å². The molecule has 0 unspecified atom stereocenters. The van der Waals surface area contributed by atoms with E-state index in [-0.39, 0.29) is 41.0 Å². The third-order valence-electron chi connectivity index (χ3n) is 5.19. The lowest BCUT2D eigenvalue weighted by Gasteiger charge is -2.18. The summed E-state index contributed by atoms with van der Waals surface area (Å²) in [5, 5.41) is 31.6. The fourth-order valence-corrected chi connectivity index (χ4v) is 3.65. The molecule has 31 heavy (non-hydrogen) atoms. The normalized spacial score (nSPS) is 21.9. The van der Waals surface area contributed by atoms with Crippen LogP contribution in [0, 0.1) is 11.6 Å². The Morgan fingerprint density at radius 2 is 2.10 bits per heavy atom. The Labute approximate surface area is 173 Å². The van der Waals surface area contributed by atoms with E-state index >= 15 is 0 Å². The van der Waals surface area contributed by atoms with Crippen molar-refractivity contribution in [3.8, 4) is 0 Å². The van der Waals surface area contributed by atoms with Crippen molar-refractivity contribution in [2.24, 2.45) is 0 Å². The number of fused-ring (bicyclic) bond motifs is 1. The number of benzene rings is 1. The highest BCUT2D eigenvalue weighted by Crippen LogP contribution is 2.29. The lowest BCUT2D eigenvalue weighted by Crippen LogP contribution is -2.32. The van der Waals surface area contributed by atoms with E-state index < -0.39 is 48.5 Å². The molecule has 1 amide bonds. The zero-order valence-corrected chi connectivity index (χ0v) is 16.0. The van der Waals surface area contributed by atoms with Gasteiger partial charge in [-0.15, -0.1) is 0 Å². The number of rotatable bonds is 6. The summed E-state index contributed by atoms with van der Waals surface area (Å²) >= 11 is 0. The van der Waals surface area contributed by atoms with E-state index in [9.17, 15) is 28.2 Å².